The molecule has 41 heavy (non-hydrogen) atoms. The molecule has 1 N–H and O–H groups in total. The van der Waals surface area contributed by atoms with Gasteiger partial charge in [-0.2, -0.15) is 0 Å². The number of carbonyl (C=O) groups excluding carboxylic acids is 4. The number of carbonyl (C=O) groups is 4. The molecule has 2 saturated heterocycles. The van der Waals surface area contributed by atoms with Gasteiger partial charge in [-0.05, 0) is 84.1 Å². The van der Waals surface area contributed by atoms with Crippen molar-refractivity contribution < 1.29 is 28.7 Å². The minimum atomic E-state index is -0.506. The predicted octanol–water partition coefficient (Wildman–Crippen LogP) is 4.72. The maximum atomic E-state index is 13.3. The van der Waals surface area contributed by atoms with E-state index in [2.05, 4.69) is 5.32 Å². The van der Waals surface area contributed by atoms with Crippen LogP contribution in [0.1, 0.15) is 84.6 Å². The van der Waals surface area contributed by atoms with Crippen LogP contribution in [0, 0.1) is 11.8 Å². The predicted molar refractivity (Wildman–Crippen MR) is 157 cm³/mol. The lowest BCUT2D eigenvalue weighted by Gasteiger charge is -2.35. The van der Waals surface area contributed by atoms with Gasteiger partial charge in [-0.3, -0.25) is 14.4 Å². The van der Waals surface area contributed by atoms with Crippen molar-refractivity contribution in [2.45, 2.75) is 97.1 Å². The number of hydrogen-bond acceptors (Lipinski definition) is 6. The van der Waals surface area contributed by atoms with Crippen LogP contribution in [0.5, 0.6) is 0 Å². The van der Waals surface area contributed by atoms with E-state index in [1.165, 1.54) is 0 Å². The zero-order chi connectivity index (χ0) is 29.8. The molecule has 228 valence electrons. The first-order valence-electron chi connectivity index (χ1n) is 15.3. The molecule has 1 aromatic carbocycles. The molecule has 2 aliphatic rings. The topological polar surface area (TPSA) is 105 Å². The third kappa shape index (κ3) is 11.4. The number of rotatable bonds is 11. The van der Waals surface area contributed by atoms with Crippen molar-refractivity contribution in [2.24, 2.45) is 11.8 Å². The smallest absolute Gasteiger partial charge is 0.410 e. The Kier molecular flexibility index (Phi) is 12.5. The lowest BCUT2D eigenvalue weighted by Crippen LogP contribution is -2.48. The highest BCUT2D eigenvalue weighted by atomic mass is 16.6. The molecule has 0 radical (unpaired) electrons. The van der Waals surface area contributed by atoms with E-state index in [-0.39, 0.29) is 42.3 Å². The summed E-state index contributed by atoms with van der Waals surface area (Å²) in [6.07, 6.45) is 5.72. The molecule has 9 nitrogen and oxygen atoms in total. The molecular formula is C32H49N3O6. The van der Waals surface area contributed by atoms with Crippen molar-refractivity contribution in [3.63, 3.8) is 0 Å². The first kappa shape index (κ1) is 32.4. The fourth-order valence-corrected chi connectivity index (χ4v) is 5.59. The van der Waals surface area contributed by atoms with Gasteiger partial charge in [0.15, 0.2) is 0 Å². The van der Waals surface area contributed by atoms with Crippen molar-refractivity contribution >= 4 is 23.9 Å². The third-order valence-corrected chi connectivity index (χ3v) is 7.87. The Labute approximate surface area is 245 Å². The first-order valence-corrected chi connectivity index (χ1v) is 15.3. The van der Waals surface area contributed by atoms with Crippen LogP contribution in [-0.4, -0.2) is 78.1 Å². The Hall–Kier alpha value is -3.10. The highest BCUT2D eigenvalue weighted by Crippen LogP contribution is 2.25. The maximum Gasteiger partial charge on any atom is 0.410 e. The van der Waals surface area contributed by atoms with Crippen LogP contribution in [0.4, 0.5) is 4.79 Å². The van der Waals surface area contributed by atoms with Crippen LogP contribution >= 0.6 is 0 Å². The largest absolute Gasteiger partial charge is 0.466 e. The zero-order valence-electron chi connectivity index (χ0n) is 25.4. The van der Waals surface area contributed by atoms with Crippen LogP contribution in [0.25, 0.3) is 0 Å². The molecule has 9 heteroatoms. The number of likely N-dealkylation sites (tertiary alicyclic amines) is 2. The van der Waals surface area contributed by atoms with E-state index in [0.717, 1.165) is 44.1 Å². The fourth-order valence-electron chi connectivity index (χ4n) is 5.59. The van der Waals surface area contributed by atoms with Crippen LogP contribution in [0.3, 0.4) is 0 Å². The molecule has 3 rings (SSSR count). The molecule has 0 spiro atoms. The van der Waals surface area contributed by atoms with Crippen molar-refractivity contribution in [3.05, 3.63) is 35.9 Å². The Bertz CT molecular complexity index is 1000. The second kappa shape index (κ2) is 15.8. The summed E-state index contributed by atoms with van der Waals surface area (Å²) >= 11 is 0. The molecule has 1 unspecified atom stereocenters. The standard InChI is InChI=1S/C32H49N3O6/c1-5-40-29(37)22-27(15-13-24-10-7-6-8-11-24)33-30(38)26-12-9-19-35(23-26)28(36)16-14-25-17-20-34(21-18-25)31(39)41-32(2,3)4/h6-8,10-11,25-27H,5,9,12-23H2,1-4H3,(H,33,38)/t26-,27?/m1/s1. The van der Waals surface area contributed by atoms with E-state index in [9.17, 15) is 19.2 Å². The summed E-state index contributed by atoms with van der Waals surface area (Å²) in [4.78, 5) is 54.5. The highest BCUT2D eigenvalue weighted by molar-refractivity contribution is 5.82. The lowest BCUT2D eigenvalue weighted by atomic mass is 9.91. The summed E-state index contributed by atoms with van der Waals surface area (Å²) in [5.41, 5.74) is 0.647. The highest BCUT2D eigenvalue weighted by Gasteiger charge is 2.31. The monoisotopic (exact) mass is 571 g/mol. The van der Waals surface area contributed by atoms with Crippen LogP contribution in [0.15, 0.2) is 30.3 Å². The molecule has 2 fully saturated rings. The number of esters is 1. The number of aryl methyl sites for hydroxylation is 1. The number of piperidine rings is 2. The van der Waals surface area contributed by atoms with E-state index in [0.29, 0.717) is 51.5 Å². The fraction of sp³-hybridized carbons (Fsp3) is 0.688. The van der Waals surface area contributed by atoms with Gasteiger partial charge in [-0.15, -0.1) is 0 Å². The average molecular weight is 572 g/mol. The first-order chi connectivity index (χ1) is 19.5. The van der Waals surface area contributed by atoms with Gasteiger partial charge in [-0.25, -0.2) is 4.79 Å². The number of hydrogen-bond donors (Lipinski definition) is 1. The molecule has 1 aromatic rings. The van der Waals surface area contributed by atoms with Gasteiger partial charge < -0.3 is 24.6 Å². The van der Waals surface area contributed by atoms with Gasteiger partial charge in [0, 0.05) is 38.6 Å². The van der Waals surface area contributed by atoms with Crippen LogP contribution < -0.4 is 5.32 Å². The van der Waals surface area contributed by atoms with Gasteiger partial charge >= 0.3 is 12.1 Å². The summed E-state index contributed by atoms with van der Waals surface area (Å²) < 4.78 is 10.6. The molecule has 0 aromatic heterocycles. The Morgan fingerprint density at radius 2 is 1.71 bits per heavy atom. The molecule has 0 bridgehead atoms. The molecule has 2 atom stereocenters. The quantitative estimate of drug-likeness (QED) is 0.385. The third-order valence-electron chi connectivity index (χ3n) is 7.87. The van der Waals surface area contributed by atoms with Crippen molar-refractivity contribution in [2.75, 3.05) is 32.8 Å². The van der Waals surface area contributed by atoms with E-state index in [4.69, 9.17) is 9.47 Å². The van der Waals surface area contributed by atoms with E-state index < -0.39 is 5.60 Å². The zero-order valence-corrected chi connectivity index (χ0v) is 25.4. The molecular weight excluding hydrogens is 522 g/mol. The number of ether oxygens (including phenoxy) is 2. The number of nitrogens with zero attached hydrogens (tertiary/aromatic N) is 2. The second-order valence-electron chi connectivity index (χ2n) is 12.4. The van der Waals surface area contributed by atoms with Gasteiger partial charge in [0.25, 0.3) is 0 Å². The normalized spacial score (nSPS) is 18.9. The Morgan fingerprint density at radius 1 is 1.00 bits per heavy atom. The van der Waals surface area contributed by atoms with Gasteiger partial charge in [0.05, 0.1) is 18.9 Å². The summed E-state index contributed by atoms with van der Waals surface area (Å²) in [7, 11) is 0. The van der Waals surface area contributed by atoms with Gasteiger partial charge in [0.1, 0.15) is 5.60 Å². The number of amides is 3. The van der Waals surface area contributed by atoms with Crippen LogP contribution in [0.2, 0.25) is 0 Å². The van der Waals surface area contributed by atoms with Crippen molar-refractivity contribution in [1.82, 2.24) is 15.1 Å². The van der Waals surface area contributed by atoms with Gasteiger partial charge in [0.2, 0.25) is 11.8 Å². The molecule has 2 aliphatic heterocycles. The van der Waals surface area contributed by atoms with E-state index in [1.54, 1.807) is 11.8 Å². The number of nitrogens with one attached hydrogen (secondary N) is 1. The minimum Gasteiger partial charge on any atom is -0.466 e. The summed E-state index contributed by atoms with van der Waals surface area (Å²) in [6.45, 7) is 10.1. The SMILES string of the molecule is CCOC(=O)CC(CCc1ccccc1)NC(=O)[C@@H]1CCCN(C(=O)CCC2CCN(C(=O)OC(C)(C)C)CC2)C1. The molecule has 2 heterocycles. The molecule has 3 amide bonds. The summed E-state index contributed by atoms with van der Waals surface area (Å²) in [5, 5.41) is 3.10. The number of benzene rings is 1. The second-order valence-corrected chi connectivity index (χ2v) is 12.4. The van der Waals surface area contributed by atoms with Crippen molar-refractivity contribution in [3.8, 4) is 0 Å². The van der Waals surface area contributed by atoms with Gasteiger partial charge in [-0.1, -0.05) is 30.3 Å². The maximum absolute atomic E-state index is 13.3. The molecule has 0 saturated carbocycles. The summed E-state index contributed by atoms with van der Waals surface area (Å²) in [6, 6.07) is 9.69. The van der Waals surface area contributed by atoms with E-state index >= 15 is 0 Å². The minimum absolute atomic E-state index is 0.0872. The average Bonchev–Trinajstić information content (AvgIpc) is 2.94. The van der Waals surface area contributed by atoms with Crippen molar-refractivity contribution in [1.29, 1.82) is 0 Å². The summed E-state index contributed by atoms with van der Waals surface area (Å²) in [5.74, 6) is -0.215. The Morgan fingerprint density at radius 3 is 2.37 bits per heavy atom. The lowest BCUT2D eigenvalue weighted by molar-refractivity contribution is -0.144. The van der Waals surface area contributed by atoms with E-state index in [1.807, 2.05) is 56.0 Å². The molecule has 0 aliphatic carbocycles. The Balaban J connectivity index is 1.45. The van der Waals surface area contributed by atoms with Crippen LogP contribution in [-0.2, 0) is 30.3 Å².